The van der Waals surface area contributed by atoms with E-state index < -0.39 is 10.0 Å². The zero-order chi connectivity index (χ0) is 22.4. The Morgan fingerprint density at radius 1 is 1.16 bits per heavy atom. The molecule has 1 atom stereocenters. The number of amides is 2. The van der Waals surface area contributed by atoms with Crippen molar-refractivity contribution in [3.8, 4) is 0 Å². The number of hydrogen-bond donors (Lipinski definition) is 1. The van der Waals surface area contributed by atoms with Crippen molar-refractivity contribution in [3.63, 3.8) is 0 Å². The first-order valence-corrected chi connectivity index (χ1v) is 12.5. The first-order valence-electron chi connectivity index (χ1n) is 11.0. The fourth-order valence-electron chi connectivity index (χ4n) is 4.06. The van der Waals surface area contributed by atoms with Crippen LogP contribution in [0.15, 0.2) is 33.6 Å². The number of anilines is 1. The van der Waals surface area contributed by atoms with Crippen molar-refractivity contribution in [3.05, 3.63) is 24.3 Å². The summed E-state index contributed by atoms with van der Waals surface area (Å²) < 4.78 is 29.8. The monoisotopic (exact) mass is 448 g/mol. The van der Waals surface area contributed by atoms with Crippen LogP contribution in [0.4, 0.5) is 5.69 Å². The summed E-state index contributed by atoms with van der Waals surface area (Å²) in [5, 5.41) is 2.82. The minimum Gasteiger partial charge on any atom is -0.362 e. The van der Waals surface area contributed by atoms with Crippen molar-refractivity contribution < 1.29 is 18.0 Å². The predicted molar refractivity (Wildman–Crippen MR) is 120 cm³/mol. The first-order chi connectivity index (χ1) is 14.8. The maximum absolute atomic E-state index is 12.9. The minimum absolute atomic E-state index is 0.0492. The molecule has 2 amide bonds. The van der Waals surface area contributed by atoms with Gasteiger partial charge in [0.25, 0.3) is 10.0 Å². The van der Waals surface area contributed by atoms with Gasteiger partial charge in [-0.25, -0.2) is 0 Å². The van der Waals surface area contributed by atoms with Crippen molar-refractivity contribution >= 4 is 33.4 Å². The Kier molecular flexibility index (Phi) is 7.69. The average Bonchev–Trinajstić information content (AvgIpc) is 2.97. The number of benzene rings is 1. The molecular formula is C22H32N4O4S. The van der Waals surface area contributed by atoms with Gasteiger partial charge in [-0.1, -0.05) is 19.4 Å². The number of nitrogens with zero attached hydrogens (tertiary/aromatic N) is 3. The second kappa shape index (κ2) is 10.3. The molecule has 0 aliphatic carbocycles. The van der Waals surface area contributed by atoms with Crippen LogP contribution in [0.25, 0.3) is 0 Å². The molecule has 1 N–H and O–H groups in total. The van der Waals surface area contributed by atoms with Gasteiger partial charge in [0.05, 0.1) is 10.8 Å². The molecule has 2 saturated heterocycles. The third-order valence-corrected chi connectivity index (χ3v) is 7.21. The molecule has 170 valence electrons. The van der Waals surface area contributed by atoms with Crippen LogP contribution in [-0.2, 0) is 19.6 Å². The molecule has 0 aromatic heterocycles. The Morgan fingerprint density at radius 2 is 1.97 bits per heavy atom. The quantitative estimate of drug-likeness (QED) is 0.747. The van der Waals surface area contributed by atoms with E-state index in [0.29, 0.717) is 43.9 Å². The highest BCUT2D eigenvalue weighted by Crippen LogP contribution is 2.23. The highest BCUT2D eigenvalue weighted by atomic mass is 32.2. The summed E-state index contributed by atoms with van der Waals surface area (Å²) in [5.74, 6) is 0.130. The summed E-state index contributed by atoms with van der Waals surface area (Å²) >= 11 is 0. The van der Waals surface area contributed by atoms with Crippen LogP contribution < -0.4 is 5.32 Å². The van der Waals surface area contributed by atoms with Crippen molar-refractivity contribution in [2.45, 2.75) is 56.8 Å². The summed E-state index contributed by atoms with van der Waals surface area (Å²) in [4.78, 5) is 28.4. The van der Waals surface area contributed by atoms with Gasteiger partial charge in [-0.3, -0.25) is 9.59 Å². The second-order valence-corrected chi connectivity index (χ2v) is 9.87. The number of nitrogens with one attached hydrogen (secondary N) is 1. The van der Waals surface area contributed by atoms with Gasteiger partial charge in [0, 0.05) is 45.2 Å². The average molecular weight is 449 g/mol. The van der Waals surface area contributed by atoms with Crippen molar-refractivity contribution in [1.82, 2.24) is 9.80 Å². The first kappa shape index (κ1) is 23.2. The summed E-state index contributed by atoms with van der Waals surface area (Å²) in [5.41, 5.74) is 0.416. The summed E-state index contributed by atoms with van der Waals surface area (Å²) in [7, 11) is -2.01. The van der Waals surface area contributed by atoms with E-state index in [1.54, 1.807) is 17.0 Å². The molecule has 1 aromatic carbocycles. The van der Waals surface area contributed by atoms with Crippen LogP contribution in [0.2, 0.25) is 0 Å². The van der Waals surface area contributed by atoms with Gasteiger partial charge in [0.15, 0.2) is 0 Å². The molecule has 0 bridgehead atoms. The normalized spacial score (nSPS) is 21.6. The van der Waals surface area contributed by atoms with Crippen LogP contribution in [0, 0.1) is 5.92 Å². The summed E-state index contributed by atoms with van der Waals surface area (Å²) in [6.45, 7) is 3.69. The summed E-state index contributed by atoms with van der Waals surface area (Å²) in [6, 6.07) is 6.21. The summed E-state index contributed by atoms with van der Waals surface area (Å²) in [6.07, 6.45) is 5.56. The van der Waals surface area contributed by atoms with E-state index in [-0.39, 0.29) is 22.6 Å². The molecule has 2 fully saturated rings. The largest absolute Gasteiger partial charge is 0.362 e. The van der Waals surface area contributed by atoms with Gasteiger partial charge in [0.1, 0.15) is 5.84 Å². The third kappa shape index (κ3) is 6.06. The Bertz CT molecular complexity index is 945. The highest BCUT2D eigenvalue weighted by Gasteiger charge is 2.28. The number of hydrogen-bond acceptors (Lipinski definition) is 4. The number of carbonyl (C=O) groups is 2. The lowest BCUT2D eigenvalue weighted by atomic mass is 9.96. The topological polar surface area (TPSA) is 99.2 Å². The SMILES string of the molecule is CCC(=O)N1CCCC(C(=O)Nc2cccc(S(=O)(=O)/N=C3/CCCCCN3C)c2)C1. The van der Waals surface area contributed by atoms with E-state index >= 15 is 0 Å². The van der Waals surface area contributed by atoms with Gasteiger partial charge in [-0.05, 0) is 43.9 Å². The molecule has 0 radical (unpaired) electrons. The lowest BCUT2D eigenvalue weighted by molar-refractivity contribution is -0.134. The van der Waals surface area contributed by atoms with E-state index in [1.807, 2.05) is 18.9 Å². The molecule has 3 rings (SSSR count). The van der Waals surface area contributed by atoms with Crippen molar-refractivity contribution in [2.75, 3.05) is 32.0 Å². The lowest BCUT2D eigenvalue weighted by Crippen LogP contribution is -2.43. The standard InChI is InChI=1S/C22H32N4O4S/c1-3-21(27)26-14-8-9-17(16-26)22(28)23-18-10-7-11-19(15-18)31(29,30)24-20-12-5-4-6-13-25(20)2/h7,10-11,15,17H,3-6,8-9,12-14,16H2,1-2H3,(H,23,28)/b24-20-. The maximum Gasteiger partial charge on any atom is 0.284 e. The van der Waals surface area contributed by atoms with Crippen LogP contribution >= 0.6 is 0 Å². The molecule has 2 aliphatic heterocycles. The van der Waals surface area contributed by atoms with Gasteiger partial charge in [0.2, 0.25) is 11.8 Å². The Labute approximate surface area is 184 Å². The minimum atomic E-state index is -3.87. The number of likely N-dealkylation sites (tertiary alicyclic amines) is 2. The van der Waals surface area contributed by atoms with E-state index in [9.17, 15) is 18.0 Å². The van der Waals surface area contributed by atoms with Gasteiger partial charge < -0.3 is 15.1 Å². The van der Waals surface area contributed by atoms with Crippen molar-refractivity contribution in [1.29, 1.82) is 0 Å². The van der Waals surface area contributed by atoms with Crippen LogP contribution in [0.1, 0.15) is 51.9 Å². The van der Waals surface area contributed by atoms with Gasteiger partial charge in [-0.15, -0.1) is 4.40 Å². The number of piperidine rings is 1. The smallest absolute Gasteiger partial charge is 0.284 e. The predicted octanol–water partition coefficient (Wildman–Crippen LogP) is 2.87. The molecule has 2 aliphatic rings. The number of amidine groups is 1. The fraction of sp³-hybridized carbons (Fsp3) is 0.591. The fourth-order valence-corrected chi connectivity index (χ4v) is 5.20. The van der Waals surface area contributed by atoms with Crippen LogP contribution in [0.5, 0.6) is 0 Å². The Hall–Kier alpha value is -2.42. The molecule has 31 heavy (non-hydrogen) atoms. The lowest BCUT2D eigenvalue weighted by Gasteiger charge is -2.31. The van der Waals surface area contributed by atoms with E-state index in [2.05, 4.69) is 9.71 Å². The zero-order valence-corrected chi connectivity index (χ0v) is 19.2. The highest BCUT2D eigenvalue weighted by molar-refractivity contribution is 7.90. The zero-order valence-electron chi connectivity index (χ0n) is 18.3. The second-order valence-electron chi connectivity index (χ2n) is 8.26. The van der Waals surface area contributed by atoms with Crippen LogP contribution in [-0.4, -0.2) is 62.5 Å². The molecule has 1 unspecified atom stereocenters. The van der Waals surface area contributed by atoms with E-state index in [4.69, 9.17) is 0 Å². The molecule has 0 spiro atoms. The Morgan fingerprint density at radius 3 is 2.74 bits per heavy atom. The molecular weight excluding hydrogens is 416 g/mol. The Balaban J connectivity index is 1.72. The molecule has 8 nitrogen and oxygen atoms in total. The molecule has 9 heteroatoms. The third-order valence-electron chi connectivity index (χ3n) is 5.91. The van der Waals surface area contributed by atoms with Crippen molar-refractivity contribution in [2.24, 2.45) is 10.3 Å². The molecule has 2 heterocycles. The molecule has 1 aromatic rings. The number of carbonyl (C=O) groups excluding carboxylic acids is 2. The van der Waals surface area contributed by atoms with Crippen LogP contribution in [0.3, 0.4) is 0 Å². The van der Waals surface area contributed by atoms with E-state index in [0.717, 1.165) is 32.2 Å². The molecule has 0 saturated carbocycles. The van der Waals surface area contributed by atoms with E-state index in [1.165, 1.54) is 12.1 Å². The number of sulfonamides is 1. The van der Waals surface area contributed by atoms with Gasteiger partial charge >= 0.3 is 0 Å². The number of rotatable bonds is 5. The van der Waals surface area contributed by atoms with Gasteiger partial charge in [-0.2, -0.15) is 8.42 Å². The maximum atomic E-state index is 12.9.